The van der Waals surface area contributed by atoms with Gasteiger partial charge in [-0.2, -0.15) is 14.6 Å². The van der Waals surface area contributed by atoms with E-state index < -0.39 is 17.0 Å². The number of amides is 2. The quantitative estimate of drug-likeness (QED) is 0.319. The first-order valence-electron chi connectivity index (χ1n) is 14.4. The van der Waals surface area contributed by atoms with E-state index in [1.54, 1.807) is 14.0 Å². The van der Waals surface area contributed by atoms with Gasteiger partial charge in [0.15, 0.2) is 11.6 Å². The second-order valence-electron chi connectivity index (χ2n) is 11.3. The summed E-state index contributed by atoms with van der Waals surface area (Å²) < 4.78 is 40.7. The van der Waals surface area contributed by atoms with Gasteiger partial charge in [-0.25, -0.2) is 19.8 Å². The second kappa shape index (κ2) is 12.1. The number of halogens is 2. The van der Waals surface area contributed by atoms with Gasteiger partial charge >= 0.3 is 0 Å². The number of hydrogen-bond donors (Lipinski definition) is 1. The second-order valence-corrected chi connectivity index (χ2v) is 11.3. The normalized spacial score (nSPS) is 18.0. The third-order valence-electron chi connectivity index (χ3n) is 7.90. The number of pyridine rings is 1. The van der Waals surface area contributed by atoms with Crippen LogP contribution in [0.2, 0.25) is 0 Å². The number of nitrogens with zero attached hydrogens (tertiary/aromatic N) is 4. The lowest BCUT2D eigenvalue weighted by Gasteiger charge is -2.21. The molecule has 3 aromatic rings. The van der Waals surface area contributed by atoms with Crippen molar-refractivity contribution in [2.24, 2.45) is 21.5 Å². The number of benzene rings is 2. The van der Waals surface area contributed by atoms with Gasteiger partial charge in [-0.15, -0.1) is 0 Å². The van der Waals surface area contributed by atoms with Crippen LogP contribution in [-0.2, 0) is 16.0 Å². The topological polar surface area (TPSA) is 105 Å². The van der Waals surface area contributed by atoms with E-state index in [9.17, 15) is 18.4 Å². The first-order valence-corrected chi connectivity index (χ1v) is 14.4. The molecule has 9 nitrogen and oxygen atoms in total. The number of methoxy groups -OCH3 is 1. The molecular weight excluding hydrogens is 556 g/mol. The van der Waals surface area contributed by atoms with Gasteiger partial charge in [-0.3, -0.25) is 9.59 Å². The van der Waals surface area contributed by atoms with E-state index in [1.807, 2.05) is 45.0 Å². The molecule has 0 radical (unpaired) electrons. The predicted octanol–water partition coefficient (Wildman–Crippen LogP) is 5.38. The third kappa shape index (κ3) is 5.68. The average molecular weight is 592 g/mol. The van der Waals surface area contributed by atoms with Crippen LogP contribution < -0.4 is 14.9 Å². The molecule has 43 heavy (non-hydrogen) atoms. The van der Waals surface area contributed by atoms with E-state index in [2.05, 4.69) is 10.5 Å². The molecule has 0 fully saturated rings. The van der Waals surface area contributed by atoms with Gasteiger partial charge in [0.05, 0.1) is 30.6 Å². The van der Waals surface area contributed by atoms with Gasteiger partial charge in [0.25, 0.3) is 5.91 Å². The standard InChI is InChI=1S/C32H35F2N5O4/c1-6-19-9-10-20-21(11-14-24(42-5)29(20)35-19)30-32(3,4)31(41)39(38-30)15-7-8-16-43-23-13-12-22(26(33)27(23)34)28-18(2)17-25(40)36-37-28/h9-14,18H,6-8,15-17H2,1-5H3,(H,36,40). The Morgan fingerprint density at radius 3 is 2.49 bits per heavy atom. The number of nitrogens with one attached hydrogen (secondary N) is 1. The molecule has 0 spiro atoms. The van der Waals surface area contributed by atoms with Crippen molar-refractivity contribution >= 4 is 34.1 Å². The summed E-state index contributed by atoms with van der Waals surface area (Å²) in [4.78, 5) is 29.6. The van der Waals surface area contributed by atoms with E-state index in [-0.39, 0.29) is 47.8 Å². The number of aromatic nitrogens is 1. The van der Waals surface area contributed by atoms with Crippen molar-refractivity contribution in [3.05, 3.63) is 64.9 Å². The van der Waals surface area contributed by atoms with Gasteiger partial charge in [-0.05, 0) is 63.4 Å². The van der Waals surface area contributed by atoms with Crippen molar-refractivity contribution in [3.8, 4) is 11.5 Å². The Morgan fingerprint density at radius 2 is 1.77 bits per heavy atom. The van der Waals surface area contributed by atoms with E-state index in [1.165, 1.54) is 17.1 Å². The number of ether oxygens (including phenoxy) is 2. The Morgan fingerprint density at radius 1 is 1.02 bits per heavy atom. The minimum absolute atomic E-state index is 0.00704. The Kier molecular flexibility index (Phi) is 8.43. The third-order valence-corrected chi connectivity index (χ3v) is 7.90. The molecule has 2 aliphatic rings. The Bertz CT molecular complexity index is 1650. The van der Waals surface area contributed by atoms with Crippen LogP contribution in [0.25, 0.3) is 10.9 Å². The fourth-order valence-corrected chi connectivity index (χ4v) is 5.42. The molecule has 3 heterocycles. The summed E-state index contributed by atoms with van der Waals surface area (Å²) in [5.41, 5.74) is 4.88. The highest BCUT2D eigenvalue weighted by molar-refractivity contribution is 6.23. The Labute approximate surface area is 249 Å². The summed E-state index contributed by atoms with van der Waals surface area (Å²) in [5.74, 6) is -2.46. The fraction of sp³-hybridized carbons (Fsp3) is 0.406. The number of unbranched alkanes of at least 4 members (excludes halogenated alkanes) is 1. The molecule has 2 amide bonds. The summed E-state index contributed by atoms with van der Waals surface area (Å²) in [7, 11) is 1.61. The van der Waals surface area contributed by atoms with Crippen LogP contribution in [0.15, 0.2) is 46.6 Å². The smallest absolute Gasteiger partial charge is 0.254 e. The summed E-state index contributed by atoms with van der Waals surface area (Å²) in [6, 6.07) is 10.5. The minimum atomic E-state index is -1.11. The average Bonchev–Trinajstić information content (AvgIpc) is 3.22. The summed E-state index contributed by atoms with van der Waals surface area (Å²) in [6.07, 6.45) is 1.96. The van der Waals surface area contributed by atoms with Crippen molar-refractivity contribution < 1.29 is 27.8 Å². The maximum Gasteiger partial charge on any atom is 0.254 e. The maximum absolute atomic E-state index is 14.8. The largest absolute Gasteiger partial charge is 0.494 e. The molecule has 1 atom stereocenters. The summed E-state index contributed by atoms with van der Waals surface area (Å²) in [6.45, 7) is 7.96. The number of hydrogen-bond acceptors (Lipinski definition) is 7. The van der Waals surface area contributed by atoms with E-state index in [4.69, 9.17) is 19.6 Å². The number of rotatable bonds is 10. The Hall–Kier alpha value is -4.41. The lowest BCUT2D eigenvalue weighted by molar-refractivity contribution is -0.135. The SMILES string of the molecule is CCc1ccc2c(C3=NN(CCCCOc4ccc(C5=NNC(=O)CC5C)c(F)c4F)C(=O)C3(C)C)ccc(OC)c2n1. The molecule has 5 rings (SSSR count). The number of fused-ring (bicyclic) bond motifs is 1. The van der Waals surface area contributed by atoms with E-state index in [0.29, 0.717) is 30.8 Å². The van der Waals surface area contributed by atoms with Crippen molar-refractivity contribution in [2.45, 2.75) is 53.4 Å². The minimum Gasteiger partial charge on any atom is -0.494 e. The van der Waals surface area contributed by atoms with Gasteiger partial charge in [0, 0.05) is 41.1 Å². The summed E-state index contributed by atoms with van der Waals surface area (Å²) >= 11 is 0. The van der Waals surface area contributed by atoms with Gasteiger partial charge in [-0.1, -0.05) is 19.9 Å². The lowest BCUT2D eigenvalue weighted by Crippen LogP contribution is -2.35. The molecule has 0 saturated heterocycles. The van der Waals surface area contributed by atoms with E-state index in [0.717, 1.165) is 28.6 Å². The first kappa shape index (κ1) is 30.1. The monoisotopic (exact) mass is 591 g/mol. The number of aryl methyl sites for hydroxylation is 1. The van der Waals surface area contributed by atoms with E-state index >= 15 is 0 Å². The van der Waals surface area contributed by atoms with Crippen LogP contribution in [0.1, 0.15) is 63.8 Å². The molecule has 1 aromatic heterocycles. The highest BCUT2D eigenvalue weighted by atomic mass is 19.2. The zero-order valence-corrected chi connectivity index (χ0v) is 25.0. The maximum atomic E-state index is 14.8. The zero-order chi connectivity index (χ0) is 30.9. The van der Waals surface area contributed by atoms with Gasteiger partial charge in [0.1, 0.15) is 11.3 Å². The first-order chi connectivity index (χ1) is 20.6. The van der Waals surface area contributed by atoms with Crippen LogP contribution in [0.3, 0.4) is 0 Å². The molecule has 226 valence electrons. The van der Waals surface area contributed by atoms with Crippen molar-refractivity contribution in [3.63, 3.8) is 0 Å². The van der Waals surface area contributed by atoms with Crippen molar-refractivity contribution in [2.75, 3.05) is 20.3 Å². The van der Waals surface area contributed by atoms with Crippen molar-refractivity contribution in [1.82, 2.24) is 15.4 Å². The highest BCUT2D eigenvalue weighted by Crippen LogP contribution is 2.37. The molecule has 2 aromatic carbocycles. The highest BCUT2D eigenvalue weighted by Gasteiger charge is 2.44. The number of carbonyl (C=O) groups excluding carboxylic acids is 2. The Balaban J connectivity index is 1.24. The number of hydrazone groups is 2. The van der Waals surface area contributed by atoms with Crippen LogP contribution in [0.5, 0.6) is 11.5 Å². The van der Waals surface area contributed by atoms with Crippen LogP contribution in [0, 0.1) is 23.0 Å². The van der Waals surface area contributed by atoms with Crippen LogP contribution in [-0.4, -0.2) is 53.5 Å². The van der Waals surface area contributed by atoms with Gasteiger partial charge in [0.2, 0.25) is 11.7 Å². The predicted molar refractivity (Wildman–Crippen MR) is 159 cm³/mol. The molecule has 11 heteroatoms. The van der Waals surface area contributed by atoms with Crippen LogP contribution in [0.4, 0.5) is 8.78 Å². The summed E-state index contributed by atoms with van der Waals surface area (Å²) in [5, 5.41) is 11.0. The molecular formula is C32H35F2N5O4. The number of carbonyl (C=O) groups is 2. The molecule has 0 aliphatic carbocycles. The molecule has 1 unspecified atom stereocenters. The molecule has 2 aliphatic heterocycles. The van der Waals surface area contributed by atoms with Crippen LogP contribution >= 0.6 is 0 Å². The van der Waals surface area contributed by atoms with Gasteiger partial charge < -0.3 is 9.47 Å². The zero-order valence-electron chi connectivity index (χ0n) is 25.0. The molecule has 1 N–H and O–H groups in total. The molecule has 0 bridgehead atoms. The molecule has 0 saturated carbocycles. The fourth-order valence-electron chi connectivity index (χ4n) is 5.42. The lowest BCUT2D eigenvalue weighted by atomic mass is 9.82. The van der Waals surface area contributed by atoms with Crippen molar-refractivity contribution in [1.29, 1.82) is 0 Å².